The molecule has 0 spiro atoms. The van der Waals surface area contributed by atoms with Gasteiger partial charge in [0.25, 0.3) is 0 Å². The van der Waals surface area contributed by atoms with Gasteiger partial charge in [0.1, 0.15) is 23.3 Å². The minimum Gasteiger partial charge on any atom is -0.306 e. The van der Waals surface area contributed by atoms with Crippen molar-refractivity contribution in [3.63, 3.8) is 0 Å². The number of aromatic nitrogens is 4. The Morgan fingerprint density at radius 2 is 0.806 bits per heavy atom. The van der Waals surface area contributed by atoms with Crippen molar-refractivity contribution in [2.75, 3.05) is 0 Å². The van der Waals surface area contributed by atoms with Crippen LogP contribution in [0.3, 0.4) is 0 Å². The van der Waals surface area contributed by atoms with Crippen molar-refractivity contribution in [1.29, 1.82) is 10.5 Å². The van der Waals surface area contributed by atoms with E-state index in [1.54, 1.807) is 22.7 Å². The Morgan fingerprint density at radius 1 is 0.379 bits per heavy atom. The first-order valence-corrected chi connectivity index (χ1v) is 36.7. The molecule has 0 fully saturated rings. The van der Waals surface area contributed by atoms with Crippen LogP contribution in [-0.2, 0) is 6.42 Å². The van der Waals surface area contributed by atoms with E-state index in [0.29, 0.717) is 46.7 Å². The fraction of sp³-hybridized carbons (Fsp3) is 0.0316. The second-order valence-corrected chi connectivity index (χ2v) is 29.2. The third-order valence-electron chi connectivity index (χ3n) is 21.7. The quantitative estimate of drug-likeness (QED) is 0.128. The van der Waals surface area contributed by atoms with Crippen molar-refractivity contribution in [3.8, 4) is 57.1 Å². The summed E-state index contributed by atoms with van der Waals surface area (Å²) < 4.78 is 14.1. The summed E-state index contributed by atoms with van der Waals surface area (Å²) in [5.41, 5.74) is 20.1. The highest BCUT2D eigenvalue weighted by atomic mass is 32.1. The van der Waals surface area contributed by atoms with Crippen molar-refractivity contribution in [2.24, 2.45) is 0 Å². The summed E-state index contributed by atoms with van der Waals surface area (Å²) in [5.74, 6) is 0. The fourth-order valence-electron chi connectivity index (χ4n) is 17.3. The van der Waals surface area contributed by atoms with E-state index in [-0.39, 0.29) is 0 Å². The zero-order chi connectivity index (χ0) is 68.1. The molecule has 0 saturated heterocycles. The Hall–Kier alpha value is -13.1. The summed E-state index contributed by atoms with van der Waals surface area (Å²) in [5, 5.41) is 41.4. The van der Waals surface area contributed by atoms with Crippen molar-refractivity contribution >= 4 is 162 Å². The van der Waals surface area contributed by atoms with E-state index in [1.165, 1.54) is 43.1 Å². The molecule has 1 aliphatic rings. The SMILES string of the molecule is C/C(=C\C=C/CC1=Cc2c(c3ccc4c5ccccc5sc4c3n2-c2c(C#N)c(-n3c4ccccc4c4ccccc43)c(-n3c4cccc(-c5ccccc5-c5cccc6ccccc56)c4c4ccc5c6ccccc6sc5c43)c(C#N)c2-n2c3ccccc3c3ccccc32)C1)c1ccccc1. The molecule has 0 radical (unpaired) electrons. The molecule has 6 aromatic heterocycles. The lowest BCUT2D eigenvalue weighted by Crippen LogP contribution is -2.17. The van der Waals surface area contributed by atoms with Gasteiger partial charge in [0.05, 0.1) is 76.5 Å². The van der Waals surface area contributed by atoms with Gasteiger partial charge in [0, 0.05) is 68.6 Å². The zero-order valence-electron chi connectivity index (χ0n) is 55.9. The monoisotopic (exact) mass is 1350 g/mol. The highest BCUT2D eigenvalue weighted by Crippen LogP contribution is 2.54. The Morgan fingerprint density at radius 3 is 1.40 bits per heavy atom. The lowest BCUT2D eigenvalue weighted by atomic mass is 9.89. The van der Waals surface area contributed by atoms with Crippen LogP contribution in [0.4, 0.5) is 0 Å². The normalized spacial score (nSPS) is 12.8. The Balaban J connectivity index is 0.981. The highest BCUT2D eigenvalue weighted by molar-refractivity contribution is 7.27. The maximum absolute atomic E-state index is 13.6. The van der Waals surface area contributed by atoms with E-state index < -0.39 is 0 Å². The lowest BCUT2D eigenvalue weighted by Gasteiger charge is -2.27. The third-order valence-corrected chi connectivity index (χ3v) is 24.1. The molecule has 0 amide bonds. The van der Waals surface area contributed by atoms with Crippen LogP contribution in [0.15, 0.2) is 309 Å². The van der Waals surface area contributed by atoms with Crippen LogP contribution in [0.2, 0.25) is 0 Å². The van der Waals surface area contributed by atoms with E-state index in [2.05, 4.69) is 347 Å². The van der Waals surface area contributed by atoms with Crippen molar-refractivity contribution in [2.45, 2.75) is 19.8 Å². The number of rotatable bonds is 10. The van der Waals surface area contributed by atoms with Crippen LogP contribution in [0.25, 0.3) is 184 Å². The summed E-state index contributed by atoms with van der Waals surface area (Å²) in [6.45, 7) is 2.17. The molecular weight excluding hydrogens is 1290 g/mol. The number of benzene rings is 14. The lowest BCUT2D eigenvalue weighted by molar-refractivity contribution is 1.01. The summed E-state index contributed by atoms with van der Waals surface area (Å²) in [6, 6.07) is 109. The molecule has 21 rings (SSSR count). The maximum Gasteiger partial charge on any atom is 0.104 e. The second-order valence-electron chi connectivity index (χ2n) is 27.1. The van der Waals surface area contributed by atoms with Crippen molar-refractivity contribution < 1.29 is 0 Å². The van der Waals surface area contributed by atoms with Gasteiger partial charge in [-0.15, -0.1) is 22.7 Å². The number of nitriles is 2. The standard InChI is InChI=1S/C95H58N6S2/c1-57(59-27-3-2-4-28-59)25-5-6-26-58-53-76-72-49-50-73-69-38-15-21-47-85(69)102-94(73)92(72)101(84(76)54-58)91-78(56-97)88(98-79-42-17-11-34-65(79)66-35-12-18-43-80(66)98)90(77(55-96)89(91)99-81-44-19-13-36-67(81)68-37-14-20-45-82(68)99)100-83-46-24-41-71(64-33-10-9-32-63(64)62-40-23-30-60-29-7-8-31-61(60)62)87(83)75-52-51-74-70-39-16-22-48-86(70)103-95(74)93(75)100/h2-25,27-52,54H,26,53H2,1H3/b6-5-,57-25+. The highest BCUT2D eigenvalue weighted by Gasteiger charge is 2.37. The topological polar surface area (TPSA) is 67.3 Å². The van der Waals surface area contributed by atoms with E-state index >= 15 is 0 Å². The van der Waals surface area contributed by atoms with Crippen LogP contribution in [0.1, 0.15) is 41.3 Å². The zero-order valence-corrected chi connectivity index (χ0v) is 57.5. The minimum atomic E-state index is 0.417. The molecule has 20 aromatic rings. The van der Waals surface area contributed by atoms with Crippen LogP contribution >= 0.6 is 22.7 Å². The van der Waals surface area contributed by atoms with Crippen LogP contribution < -0.4 is 0 Å². The Kier molecular flexibility index (Phi) is 13.1. The van der Waals surface area contributed by atoms with Gasteiger partial charge in [-0.25, -0.2) is 0 Å². The summed E-state index contributed by atoms with van der Waals surface area (Å²) in [7, 11) is 0. The van der Waals surface area contributed by atoms with Crippen molar-refractivity contribution in [1.82, 2.24) is 18.3 Å². The average molecular weight is 1350 g/mol. The molecule has 0 N–H and O–H groups in total. The summed E-state index contributed by atoms with van der Waals surface area (Å²) >= 11 is 3.58. The van der Waals surface area contributed by atoms with Gasteiger partial charge in [-0.1, -0.05) is 266 Å². The van der Waals surface area contributed by atoms with Gasteiger partial charge in [0.2, 0.25) is 0 Å². The van der Waals surface area contributed by atoms with Gasteiger partial charge in [-0.2, -0.15) is 10.5 Å². The predicted octanol–water partition coefficient (Wildman–Crippen LogP) is 25.9. The van der Waals surface area contributed by atoms with Crippen LogP contribution in [-0.4, -0.2) is 18.3 Å². The van der Waals surface area contributed by atoms with E-state index in [9.17, 15) is 10.5 Å². The molecule has 0 atom stereocenters. The number of para-hydroxylation sites is 4. The largest absolute Gasteiger partial charge is 0.306 e. The van der Waals surface area contributed by atoms with E-state index in [0.717, 1.165) is 135 Å². The second kappa shape index (κ2) is 23.0. The van der Waals surface area contributed by atoms with Gasteiger partial charge < -0.3 is 18.3 Å². The maximum atomic E-state index is 13.6. The number of allylic oxidation sites excluding steroid dienone is 5. The van der Waals surface area contributed by atoms with Gasteiger partial charge in [-0.05, 0) is 118 Å². The van der Waals surface area contributed by atoms with Gasteiger partial charge >= 0.3 is 0 Å². The first kappa shape index (κ1) is 58.8. The molecule has 103 heavy (non-hydrogen) atoms. The molecule has 6 nitrogen and oxygen atoms in total. The van der Waals surface area contributed by atoms with Crippen LogP contribution in [0.5, 0.6) is 0 Å². The number of fused-ring (bicyclic) bond motifs is 21. The molecule has 0 bridgehead atoms. The van der Waals surface area contributed by atoms with Gasteiger partial charge in [-0.3, -0.25) is 0 Å². The molecule has 0 saturated carbocycles. The molecule has 0 unspecified atom stereocenters. The smallest absolute Gasteiger partial charge is 0.104 e. The molecule has 14 aromatic carbocycles. The molecular formula is C95H58N6S2. The third kappa shape index (κ3) is 8.57. The Labute approximate surface area is 600 Å². The minimum absolute atomic E-state index is 0.417. The van der Waals surface area contributed by atoms with E-state index in [1.807, 2.05) is 0 Å². The average Bonchev–Trinajstić information content (AvgIpc) is 1.58. The van der Waals surface area contributed by atoms with Gasteiger partial charge in [0.15, 0.2) is 0 Å². The number of hydrogen-bond donors (Lipinski definition) is 0. The number of thiophene rings is 2. The fourth-order valence-corrected chi connectivity index (χ4v) is 19.8. The number of nitrogens with zero attached hydrogens (tertiary/aromatic N) is 6. The van der Waals surface area contributed by atoms with Crippen molar-refractivity contribution in [3.05, 3.63) is 337 Å². The molecule has 480 valence electrons. The predicted molar refractivity (Wildman–Crippen MR) is 435 cm³/mol. The van der Waals surface area contributed by atoms with E-state index in [4.69, 9.17) is 0 Å². The number of hydrogen-bond acceptors (Lipinski definition) is 4. The first-order valence-electron chi connectivity index (χ1n) is 35.0. The molecule has 8 heteroatoms. The molecule has 1 aliphatic carbocycles. The summed E-state index contributed by atoms with van der Waals surface area (Å²) in [4.78, 5) is 0. The molecule has 6 heterocycles. The Bertz CT molecular complexity index is 7170. The first-order chi connectivity index (χ1) is 51.0. The summed E-state index contributed by atoms with van der Waals surface area (Å²) in [6.07, 6.45) is 10.5. The molecule has 0 aliphatic heterocycles. The van der Waals surface area contributed by atoms with Crippen LogP contribution in [0, 0.1) is 22.7 Å².